The Kier molecular flexibility index (Phi) is 6.26. The zero-order chi connectivity index (χ0) is 19.3. The number of ether oxygens (including phenoxy) is 1. The summed E-state index contributed by atoms with van der Waals surface area (Å²) < 4.78 is 32.4. The molecule has 0 bridgehead atoms. The molecule has 0 aromatic heterocycles. The van der Waals surface area contributed by atoms with Gasteiger partial charge in [-0.05, 0) is 49.1 Å². The van der Waals surface area contributed by atoms with Gasteiger partial charge in [0, 0.05) is 38.1 Å². The minimum atomic E-state index is -3.66. The van der Waals surface area contributed by atoms with E-state index in [1.807, 2.05) is 24.3 Å². The number of rotatable bonds is 7. The van der Waals surface area contributed by atoms with E-state index in [0.717, 1.165) is 24.1 Å². The van der Waals surface area contributed by atoms with Gasteiger partial charge in [0.1, 0.15) is 0 Å². The number of benzene rings is 2. The lowest BCUT2D eigenvalue weighted by Gasteiger charge is -2.29. The quantitative estimate of drug-likeness (QED) is 0.740. The third kappa shape index (κ3) is 4.55. The fraction of sp³-hybridized carbons (Fsp3) is 0.350. The standard InChI is InChI=1S/C20H24N2O4S/c1-26-14-6-12-21-27(24,25)18-10-4-8-17(15-18)20(23)22-13-5-9-16-7-2-3-11-19(16)22/h2-4,7-8,10-11,15,21H,5-6,9,12-14H2,1H3. The number of para-hydroxylation sites is 1. The molecule has 0 saturated heterocycles. The summed E-state index contributed by atoms with van der Waals surface area (Å²) in [5, 5.41) is 0. The fourth-order valence-electron chi connectivity index (χ4n) is 3.20. The van der Waals surface area contributed by atoms with Gasteiger partial charge < -0.3 is 9.64 Å². The van der Waals surface area contributed by atoms with Gasteiger partial charge in [-0.3, -0.25) is 4.79 Å². The second-order valence-electron chi connectivity index (χ2n) is 6.46. The molecule has 0 unspecified atom stereocenters. The monoisotopic (exact) mass is 388 g/mol. The highest BCUT2D eigenvalue weighted by molar-refractivity contribution is 7.89. The first-order valence-electron chi connectivity index (χ1n) is 9.01. The van der Waals surface area contributed by atoms with Crippen molar-refractivity contribution in [3.63, 3.8) is 0 Å². The number of anilines is 1. The molecule has 0 spiro atoms. The first kappa shape index (κ1) is 19.5. The number of aryl methyl sites for hydroxylation is 1. The predicted octanol–water partition coefficient (Wildman–Crippen LogP) is 2.59. The normalized spacial score (nSPS) is 14.0. The summed E-state index contributed by atoms with van der Waals surface area (Å²) >= 11 is 0. The van der Waals surface area contributed by atoms with Gasteiger partial charge in [-0.25, -0.2) is 13.1 Å². The Morgan fingerprint density at radius 1 is 1.19 bits per heavy atom. The van der Waals surface area contributed by atoms with E-state index in [-0.39, 0.29) is 17.3 Å². The van der Waals surface area contributed by atoms with Crippen LogP contribution >= 0.6 is 0 Å². The Balaban J connectivity index is 1.81. The summed E-state index contributed by atoms with van der Waals surface area (Å²) in [4.78, 5) is 14.9. The third-order valence-corrected chi connectivity index (χ3v) is 6.02. The summed E-state index contributed by atoms with van der Waals surface area (Å²) in [5.41, 5.74) is 2.41. The lowest BCUT2D eigenvalue weighted by atomic mass is 10.0. The summed E-state index contributed by atoms with van der Waals surface area (Å²) in [6, 6.07) is 14.0. The van der Waals surface area contributed by atoms with Gasteiger partial charge in [-0.15, -0.1) is 0 Å². The average Bonchev–Trinajstić information content (AvgIpc) is 2.70. The molecule has 1 N–H and O–H groups in total. The lowest BCUT2D eigenvalue weighted by Crippen LogP contribution is -2.35. The van der Waals surface area contributed by atoms with Gasteiger partial charge in [-0.2, -0.15) is 0 Å². The van der Waals surface area contributed by atoms with Crippen LogP contribution in [0.3, 0.4) is 0 Å². The van der Waals surface area contributed by atoms with Crippen molar-refractivity contribution < 1.29 is 17.9 Å². The maximum absolute atomic E-state index is 13.0. The predicted molar refractivity (Wildman–Crippen MR) is 105 cm³/mol. The topological polar surface area (TPSA) is 75.7 Å². The van der Waals surface area contributed by atoms with E-state index < -0.39 is 10.0 Å². The number of fused-ring (bicyclic) bond motifs is 1. The molecule has 0 atom stereocenters. The number of amides is 1. The van der Waals surface area contributed by atoms with Gasteiger partial charge in [0.2, 0.25) is 10.0 Å². The summed E-state index contributed by atoms with van der Waals surface area (Å²) in [6.07, 6.45) is 2.42. The number of carbonyl (C=O) groups excluding carboxylic acids is 1. The minimum Gasteiger partial charge on any atom is -0.385 e. The molecule has 7 heteroatoms. The molecular weight excluding hydrogens is 364 g/mol. The Hall–Kier alpha value is -2.22. The van der Waals surface area contributed by atoms with Crippen LogP contribution in [-0.4, -0.2) is 41.1 Å². The number of hydrogen-bond donors (Lipinski definition) is 1. The number of methoxy groups -OCH3 is 1. The fourth-order valence-corrected chi connectivity index (χ4v) is 4.32. The maximum atomic E-state index is 13.0. The highest BCUT2D eigenvalue weighted by atomic mass is 32.2. The van der Waals surface area contributed by atoms with Crippen LogP contribution in [0.4, 0.5) is 5.69 Å². The maximum Gasteiger partial charge on any atom is 0.258 e. The molecule has 0 radical (unpaired) electrons. The molecule has 1 aliphatic heterocycles. The summed E-state index contributed by atoms with van der Waals surface area (Å²) in [5.74, 6) is -0.182. The van der Waals surface area contributed by atoms with E-state index in [9.17, 15) is 13.2 Å². The second kappa shape index (κ2) is 8.65. The Morgan fingerprint density at radius 3 is 2.81 bits per heavy atom. The van der Waals surface area contributed by atoms with Crippen molar-refractivity contribution in [2.75, 3.05) is 31.7 Å². The Labute approximate surface area is 160 Å². The number of hydrogen-bond acceptors (Lipinski definition) is 4. The third-order valence-electron chi connectivity index (χ3n) is 4.56. The molecule has 0 fully saturated rings. The molecule has 6 nitrogen and oxygen atoms in total. The van der Waals surface area contributed by atoms with Crippen LogP contribution in [0.2, 0.25) is 0 Å². The van der Waals surface area contributed by atoms with E-state index in [0.29, 0.717) is 25.1 Å². The van der Waals surface area contributed by atoms with Crippen molar-refractivity contribution in [2.45, 2.75) is 24.2 Å². The van der Waals surface area contributed by atoms with Crippen LogP contribution in [0.25, 0.3) is 0 Å². The first-order chi connectivity index (χ1) is 13.0. The van der Waals surface area contributed by atoms with E-state index in [2.05, 4.69) is 4.72 Å². The highest BCUT2D eigenvalue weighted by Crippen LogP contribution is 2.28. The Bertz CT molecular complexity index is 912. The van der Waals surface area contributed by atoms with Crippen LogP contribution in [-0.2, 0) is 21.2 Å². The van der Waals surface area contributed by atoms with Crippen molar-refractivity contribution in [1.29, 1.82) is 0 Å². The molecule has 3 rings (SSSR count). The van der Waals surface area contributed by atoms with Crippen molar-refractivity contribution in [3.8, 4) is 0 Å². The molecular formula is C20H24N2O4S. The average molecular weight is 388 g/mol. The molecule has 0 saturated carbocycles. The summed E-state index contributed by atoms with van der Waals surface area (Å²) in [7, 11) is -2.09. The largest absolute Gasteiger partial charge is 0.385 e. The SMILES string of the molecule is COCCCNS(=O)(=O)c1cccc(C(=O)N2CCCc3ccccc32)c1. The van der Waals surface area contributed by atoms with Gasteiger partial charge in [0.05, 0.1) is 4.90 Å². The molecule has 27 heavy (non-hydrogen) atoms. The summed E-state index contributed by atoms with van der Waals surface area (Å²) in [6.45, 7) is 1.39. The van der Waals surface area contributed by atoms with Crippen LogP contribution in [0, 0.1) is 0 Å². The molecule has 144 valence electrons. The van der Waals surface area contributed by atoms with Gasteiger partial charge in [-0.1, -0.05) is 24.3 Å². The molecule has 1 aliphatic rings. The molecule has 1 heterocycles. The van der Waals surface area contributed by atoms with Gasteiger partial charge in [0.25, 0.3) is 5.91 Å². The van der Waals surface area contributed by atoms with E-state index in [1.165, 1.54) is 12.1 Å². The van der Waals surface area contributed by atoms with Crippen LogP contribution in [0.5, 0.6) is 0 Å². The van der Waals surface area contributed by atoms with E-state index in [4.69, 9.17) is 4.74 Å². The number of sulfonamides is 1. The molecule has 2 aromatic carbocycles. The molecule has 0 aliphatic carbocycles. The second-order valence-corrected chi connectivity index (χ2v) is 8.23. The first-order valence-corrected chi connectivity index (χ1v) is 10.5. The number of nitrogens with zero attached hydrogens (tertiary/aromatic N) is 1. The lowest BCUT2D eigenvalue weighted by molar-refractivity contribution is 0.0985. The van der Waals surface area contributed by atoms with Crippen LogP contribution < -0.4 is 9.62 Å². The molecule has 1 amide bonds. The smallest absolute Gasteiger partial charge is 0.258 e. The van der Waals surface area contributed by atoms with Crippen LogP contribution in [0.15, 0.2) is 53.4 Å². The van der Waals surface area contributed by atoms with Crippen molar-refractivity contribution >= 4 is 21.6 Å². The number of carbonyl (C=O) groups is 1. The van der Waals surface area contributed by atoms with Gasteiger partial charge in [0.15, 0.2) is 0 Å². The van der Waals surface area contributed by atoms with Crippen molar-refractivity contribution in [2.24, 2.45) is 0 Å². The zero-order valence-electron chi connectivity index (χ0n) is 15.3. The highest BCUT2D eigenvalue weighted by Gasteiger charge is 2.24. The van der Waals surface area contributed by atoms with Crippen molar-refractivity contribution in [3.05, 3.63) is 59.7 Å². The van der Waals surface area contributed by atoms with E-state index in [1.54, 1.807) is 24.1 Å². The molecule has 2 aromatic rings. The van der Waals surface area contributed by atoms with Crippen molar-refractivity contribution in [1.82, 2.24) is 4.72 Å². The van der Waals surface area contributed by atoms with Gasteiger partial charge >= 0.3 is 0 Å². The Morgan fingerprint density at radius 2 is 2.00 bits per heavy atom. The number of nitrogens with one attached hydrogen (secondary N) is 1. The zero-order valence-corrected chi connectivity index (χ0v) is 16.2. The van der Waals surface area contributed by atoms with Crippen LogP contribution in [0.1, 0.15) is 28.8 Å². The van der Waals surface area contributed by atoms with E-state index >= 15 is 0 Å². The minimum absolute atomic E-state index is 0.0936.